The van der Waals surface area contributed by atoms with Crippen LogP contribution in [0.3, 0.4) is 0 Å². The molecule has 1 aliphatic heterocycles. The van der Waals surface area contributed by atoms with Crippen molar-refractivity contribution in [1.29, 1.82) is 0 Å². The van der Waals surface area contributed by atoms with Crippen LogP contribution in [0.5, 0.6) is 0 Å². The highest BCUT2D eigenvalue weighted by atomic mass is 35.5. The number of rotatable bonds is 2. The van der Waals surface area contributed by atoms with Gasteiger partial charge in [-0.15, -0.1) is 12.4 Å². The zero-order valence-electron chi connectivity index (χ0n) is 11.7. The summed E-state index contributed by atoms with van der Waals surface area (Å²) in [7, 11) is 0. The summed E-state index contributed by atoms with van der Waals surface area (Å²) in [6, 6.07) is 5.56. The summed E-state index contributed by atoms with van der Waals surface area (Å²) in [6.45, 7) is 3.72. The highest BCUT2D eigenvalue weighted by molar-refractivity contribution is 6.31. The molecular formula is C15H18Cl2N2O2. The number of fused-ring (bicyclic) bond motifs is 1. The number of aryl methyl sites for hydroxylation is 1. The fraction of sp³-hybridized carbons (Fsp3) is 0.400. The highest BCUT2D eigenvalue weighted by Crippen LogP contribution is 2.27. The van der Waals surface area contributed by atoms with Gasteiger partial charge in [0.2, 0.25) is 0 Å². The van der Waals surface area contributed by atoms with Crippen LogP contribution in [0.1, 0.15) is 29.0 Å². The number of piperidine rings is 1. The van der Waals surface area contributed by atoms with Gasteiger partial charge < -0.3 is 15.1 Å². The standard InChI is InChI=1S/C15H17ClN2O2.ClH/c1-9-12-7-10(16)4-5-13(12)20-14(9)15(19)18-11-3-2-6-17-8-11;/h4-5,7,11,17H,2-3,6,8H2,1H3,(H,18,19);1H. The van der Waals surface area contributed by atoms with E-state index in [1.165, 1.54) is 0 Å². The number of hydrogen-bond donors (Lipinski definition) is 2. The van der Waals surface area contributed by atoms with Crippen molar-refractivity contribution in [3.05, 3.63) is 34.5 Å². The van der Waals surface area contributed by atoms with Crippen LogP contribution in [0.4, 0.5) is 0 Å². The molecule has 1 amide bonds. The Morgan fingerprint density at radius 1 is 1.48 bits per heavy atom. The second-order valence-corrected chi connectivity index (χ2v) is 5.65. The molecule has 0 aliphatic carbocycles. The minimum atomic E-state index is -0.150. The smallest absolute Gasteiger partial charge is 0.287 e. The molecule has 3 rings (SSSR count). The molecule has 0 saturated carbocycles. The Morgan fingerprint density at radius 2 is 2.29 bits per heavy atom. The first kappa shape index (κ1) is 16.1. The van der Waals surface area contributed by atoms with E-state index in [1.54, 1.807) is 12.1 Å². The molecule has 0 radical (unpaired) electrons. The maximum atomic E-state index is 12.3. The van der Waals surface area contributed by atoms with Crippen LogP contribution in [-0.2, 0) is 0 Å². The van der Waals surface area contributed by atoms with Gasteiger partial charge in [-0.2, -0.15) is 0 Å². The third-order valence-electron chi connectivity index (χ3n) is 3.74. The second kappa shape index (κ2) is 6.69. The predicted molar refractivity (Wildman–Crippen MR) is 86.6 cm³/mol. The summed E-state index contributed by atoms with van der Waals surface area (Å²) in [6.07, 6.45) is 2.09. The molecule has 1 fully saturated rings. The molecular weight excluding hydrogens is 311 g/mol. The summed E-state index contributed by atoms with van der Waals surface area (Å²) in [5, 5.41) is 7.84. The lowest BCUT2D eigenvalue weighted by Crippen LogP contribution is -2.45. The first-order chi connectivity index (χ1) is 9.65. The normalized spacial score (nSPS) is 18.3. The van der Waals surface area contributed by atoms with Gasteiger partial charge in [0.15, 0.2) is 5.76 Å². The molecule has 4 nitrogen and oxygen atoms in total. The van der Waals surface area contributed by atoms with Gasteiger partial charge in [-0.25, -0.2) is 0 Å². The van der Waals surface area contributed by atoms with Crippen LogP contribution in [0.25, 0.3) is 11.0 Å². The van der Waals surface area contributed by atoms with Crippen molar-refractivity contribution in [2.45, 2.75) is 25.8 Å². The molecule has 114 valence electrons. The number of benzene rings is 1. The van der Waals surface area contributed by atoms with Gasteiger partial charge in [0.1, 0.15) is 5.58 Å². The van der Waals surface area contributed by atoms with Crippen molar-refractivity contribution in [3.63, 3.8) is 0 Å². The molecule has 0 bridgehead atoms. The average Bonchev–Trinajstić information content (AvgIpc) is 2.77. The Labute approximate surface area is 134 Å². The Kier molecular flexibility index (Phi) is 5.14. The fourth-order valence-corrected chi connectivity index (χ4v) is 2.81. The number of nitrogens with one attached hydrogen (secondary N) is 2. The van der Waals surface area contributed by atoms with E-state index >= 15 is 0 Å². The summed E-state index contributed by atoms with van der Waals surface area (Å²) in [4.78, 5) is 12.3. The molecule has 21 heavy (non-hydrogen) atoms. The summed E-state index contributed by atoms with van der Waals surface area (Å²) in [5.41, 5.74) is 1.53. The van der Waals surface area contributed by atoms with Crippen molar-refractivity contribution in [3.8, 4) is 0 Å². The van der Waals surface area contributed by atoms with Gasteiger partial charge >= 0.3 is 0 Å². The first-order valence-electron chi connectivity index (χ1n) is 6.85. The van der Waals surface area contributed by atoms with E-state index in [9.17, 15) is 4.79 Å². The Balaban J connectivity index is 0.00000161. The van der Waals surface area contributed by atoms with Crippen molar-refractivity contribution in [1.82, 2.24) is 10.6 Å². The number of amides is 1. The lowest BCUT2D eigenvalue weighted by molar-refractivity contribution is 0.0904. The number of hydrogen-bond acceptors (Lipinski definition) is 3. The molecule has 0 spiro atoms. The zero-order valence-corrected chi connectivity index (χ0v) is 13.3. The van der Waals surface area contributed by atoms with E-state index in [0.717, 1.165) is 36.9 Å². The van der Waals surface area contributed by atoms with E-state index < -0.39 is 0 Å². The number of halogens is 2. The van der Waals surface area contributed by atoms with Crippen LogP contribution in [0, 0.1) is 6.92 Å². The molecule has 1 aliphatic rings. The van der Waals surface area contributed by atoms with E-state index in [-0.39, 0.29) is 24.4 Å². The van der Waals surface area contributed by atoms with Gasteiger partial charge in [0.05, 0.1) is 0 Å². The molecule has 1 aromatic heterocycles. The van der Waals surface area contributed by atoms with Gasteiger partial charge in [0.25, 0.3) is 5.91 Å². The van der Waals surface area contributed by atoms with E-state index in [2.05, 4.69) is 10.6 Å². The number of carbonyl (C=O) groups excluding carboxylic acids is 1. The van der Waals surface area contributed by atoms with Crippen LogP contribution in [0.15, 0.2) is 22.6 Å². The SMILES string of the molecule is Cc1c(C(=O)NC2CCCNC2)oc2ccc(Cl)cc12.Cl. The lowest BCUT2D eigenvalue weighted by Gasteiger charge is -2.23. The second-order valence-electron chi connectivity index (χ2n) is 5.21. The van der Waals surface area contributed by atoms with Crippen LogP contribution in [-0.4, -0.2) is 25.0 Å². The molecule has 1 aromatic carbocycles. The van der Waals surface area contributed by atoms with Crippen molar-refractivity contribution < 1.29 is 9.21 Å². The van der Waals surface area contributed by atoms with Crippen molar-refractivity contribution >= 4 is 40.9 Å². The fourth-order valence-electron chi connectivity index (χ4n) is 2.64. The molecule has 2 N–H and O–H groups in total. The minimum absolute atomic E-state index is 0. The van der Waals surface area contributed by atoms with E-state index in [4.69, 9.17) is 16.0 Å². The van der Waals surface area contributed by atoms with Crippen LogP contribution in [0.2, 0.25) is 5.02 Å². The summed E-state index contributed by atoms with van der Waals surface area (Å²) < 4.78 is 5.67. The van der Waals surface area contributed by atoms with Crippen molar-refractivity contribution in [2.75, 3.05) is 13.1 Å². The third kappa shape index (κ3) is 3.34. The van der Waals surface area contributed by atoms with Gasteiger partial charge in [0, 0.05) is 28.6 Å². The highest BCUT2D eigenvalue weighted by Gasteiger charge is 2.21. The molecule has 6 heteroatoms. The van der Waals surface area contributed by atoms with Gasteiger partial charge in [-0.05, 0) is 44.5 Å². The monoisotopic (exact) mass is 328 g/mol. The minimum Gasteiger partial charge on any atom is -0.451 e. The lowest BCUT2D eigenvalue weighted by atomic mass is 10.1. The Bertz CT molecular complexity index is 648. The van der Waals surface area contributed by atoms with E-state index in [1.807, 2.05) is 13.0 Å². The average molecular weight is 329 g/mol. The maximum Gasteiger partial charge on any atom is 0.287 e. The molecule has 1 unspecified atom stereocenters. The summed E-state index contributed by atoms with van der Waals surface area (Å²) in [5.74, 6) is 0.233. The van der Waals surface area contributed by atoms with E-state index in [0.29, 0.717) is 16.4 Å². The molecule has 2 aromatic rings. The van der Waals surface area contributed by atoms with Gasteiger partial charge in [-0.3, -0.25) is 4.79 Å². The maximum absolute atomic E-state index is 12.3. The van der Waals surface area contributed by atoms with Crippen LogP contribution < -0.4 is 10.6 Å². The Hall–Kier alpha value is -1.23. The molecule has 1 saturated heterocycles. The topological polar surface area (TPSA) is 54.3 Å². The first-order valence-corrected chi connectivity index (χ1v) is 7.23. The predicted octanol–water partition coefficient (Wildman–Crippen LogP) is 3.30. The Morgan fingerprint density at radius 3 is 3.00 bits per heavy atom. The van der Waals surface area contributed by atoms with Gasteiger partial charge in [-0.1, -0.05) is 11.6 Å². The number of furan rings is 1. The molecule has 1 atom stereocenters. The van der Waals surface area contributed by atoms with Crippen LogP contribution >= 0.6 is 24.0 Å². The zero-order chi connectivity index (χ0) is 14.1. The summed E-state index contributed by atoms with van der Waals surface area (Å²) >= 11 is 5.98. The van der Waals surface area contributed by atoms with Crippen molar-refractivity contribution in [2.24, 2.45) is 0 Å². The quantitative estimate of drug-likeness (QED) is 0.889. The molecule has 2 heterocycles. The largest absolute Gasteiger partial charge is 0.451 e. The third-order valence-corrected chi connectivity index (χ3v) is 3.97. The number of carbonyl (C=O) groups is 1.